The van der Waals surface area contributed by atoms with E-state index in [9.17, 15) is 9.59 Å². The highest BCUT2D eigenvalue weighted by Crippen LogP contribution is 2.28. The summed E-state index contributed by atoms with van der Waals surface area (Å²) in [6.07, 6.45) is 1.56. The predicted molar refractivity (Wildman–Crippen MR) is 129 cm³/mol. The summed E-state index contributed by atoms with van der Waals surface area (Å²) in [6.45, 7) is 0.356. The molecule has 3 aromatic carbocycles. The first-order chi connectivity index (χ1) is 14.8. The van der Waals surface area contributed by atoms with Crippen LogP contribution in [0.3, 0.4) is 0 Å². The van der Waals surface area contributed by atoms with Crippen molar-refractivity contribution in [3.63, 3.8) is 0 Å². The van der Waals surface area contributed by atoms with Crippen molar-refractivity contribution in [2.75, 3.05) is 14.1 Å². The fourth-order valence-corrected chi connectivity index (χ4v) is 3.93. The largest absolute Gasteiger partial charge is 0.488 e. The number of carbonyl (C=O) groups is 2. The van der Waals surface area contributed by atoms with Crippen LogP contribution in [-0.4, -0.2) is 40.8 Å². The molecule has 3 aromatic rings. The van der Waals surface area contributed by atoms with Gasteiger partial charge in [0, 0.05) is 24.1 Å². The van der Waals surface area contributed by atoms with E-state index in [0.29, 0.717) is 17.9 Å². The van der Waals surface area contributed by atoms with Crippen molar-refractivity contribution in [3.8, 4) is 5.75 Å². The minimum Gasteiger partial charge on any atom is -0.488 e. The van der Waals surface area contributed by atoms with Crippen molar-refractivity contribution in [2.45, 2.75) is 6.61 Å². The summed E-state index contributed by atoms with van der Waals surface area (Å²) in [6, 6.07) is 19.8. The molecule has 0 saturated carbocycles. The lowest BCUT2D eigenvalue weighted by atomic mass is 10.1. The number of carbonyl (C=O) groups excluding carboxylic acids is 2. The molecule has 156 valence electrons. The van der Waals surface area contributed by atoms with E-state index < -0.39 is 11.8 Å². The van der Waals surface area contributed by atoms with Crippen molar-refractivity contribution in [1.29, 1.82) is 0 Å². The van der Waals surface area contributed by atoms with Gasteiger partial charge in [0.25, 0.3) is 11.8 Å². The van der Waals surface area contributed by atoms with Crippen LogP contribution in [0.5, 0.6) is 5.75 Å². The molecule has 0 unspecified atom stereocenters. The number of nitrogens with zero attached hydrogens (tertiary/aromatic N) is 2. The first kappa shape index (κ1) is 21.2. The minimum absolute atomic E-state index is 0.0345. The molecule has 0 atom stereocenters. The Morgan fingerprint density at radius 1 is 0.935 bits per heavy atom. The summed E-state index contributed by atoms with van der Waals surface area (Å²) in [5.41, 5.74) is 1.68. The van der Waals surface area contributed by atoms with Crippen LogP contribution in [0, 0.1) is 0 Å². The summed E-state index contributed by atoms with van der Waals surface area (Å²) in [7, 11) is 3.11. The van der Waals surface area contributed by atoms with Gasteiger partial charge in [-0.15, -0.1) is 0 Å². The predicted octanol–water partition coefficient (Wildman–Crippen LogP) is 4.78. The van der Waals surface area contributed by atoms with Gasteiger partial charge in [-0.25, -0.2) is 0 Å². The Balaban J connectivity index is 1.64. The standard InChI is InChI=1S/C24H19BrN2O3S/c1-26-22(28)20(23(29)27(2)24(26)31)13-18-12-19(25)9-10-21(18)30-14-15-7-8-16-5-3-4-6-17(16)11-15/h3-13H,14H2,1-2H3. The number of hydrogen-bond donors (Lipinski definition) is 0. The Hall–Kier alpha value is -3.03. The van der Waals surface area contributed by atoms with Gasteiger partial charge in [-0.3, -0.25) is 19.4 Å². The number of thiocarbonyl (C=S) groups is 1. The van der Waals surface area contributed by atoms with Crippen LogP contribution in [0.1, 0.15) is 11.1 Å². The zero-order chi connectivity index (χ0) is 22.1. The quantitative estimate of drug-likeness (QED) is 0.297. The lowest BCUT2D eigenvalue weighted by Gasteiger charge is -2.31. The smallest absolute Gasteiger partial charge is 0.265 e. The van der Waals surface area contributed by atoms with Crippen molar-refractivity contribution < 1.29 is 14.3 Å². The van der Waals surface area contributed by atoms with E-state index >= 15 is 0 Å². The average Bonchev–Trinajstić information content (AvgIpc) is 2.78. The highest BCUT2D eigenvalue weighted by atomic mass is 79.9. The van der Waals surface area contributed by atoms with Crippen LogP contribution in [-0.2, 0) is 16.2 Å². The second-order valence-corrected chi connectivity index (χ2v) is 8.50. The fourth-order valence-electron chi connectivity index (χ4n) is 3.38. The second-order valence-electron chi connectivity index (χ2n) is 7.22. The minimum atomic E-state index is -0.437. The van der Waals surface area contributed by atoms with Crippen molar-refractivity contribution in [1.82, 2.24) is 9.80 Å². The number of hydrogen-bond acceptors (Lipinski definition) is 4. The molecule has 1 aliphatic rings. The van der Waals surface area contributed by atoms with Gasteiger partial charge in [0.15, 0.2) is 5.11 Å². The Morgan fingerprint density at radius 2 is 1.61 bits per heavy atom. The Bertz CT molecular complexity index is 1230. The van der Waals surface area contributed by atoms with Gasteiger partial charge in [-0.05, 0) is 58.9 Å². The van der Waals surface area contributed by atoms with Gasteiger partial charge in [0.2, 0.25) is 0 Å². The average molecular weight is 495 g/mol. The summed E-state index contributed by atoms with van der Waals surface area (Å²) in [4.78, 5) is 27.9. The Morgan fingerprint density at radius 3 is 2.32 bits per heavy atom. The molecular formula is C24H19BrN2O3S. The molecule has 5 nitrogen and oxygen atoms in total. The molecule has 1 saturated heterocycles. The van der Waals surface area contributed by atoms with E-state index in [1.807, 2.05) is 36.4 Å². The van der Waals surface area contributed by atoms with E-state index in [1.54, 1.807) is 20.2 Å². The van der Waals surface area contributed by atoms with Crippen LogP contribution >= 0.6 is 28.1 Å². The van der Waals surface area contributed by atoms with Gasteiger partial charge in [-0.1, -0.05) is 52.3 Å². The van der Waals surface area contributed by atoms with Gasteiger partial charge < -0.3 is 4.74 Å². The van der Waals surface area contributed by atoms with Crippen LogP contribution in [0.2, 0.25) is 0 Å². The number of likely N-dealkylation sites (N-methyl/N-ethyl adjacent to an activating group) is 2. The third kappa shape index (κ3) is 4.24. The van der Waals surface area contributed by atoms with E-state index in [1.165, 1.54) is 15.2 Å². The first-order valence-electron chi connectivity index (χ1n) is 9.57. The molecule has 0 N–H and O–H groups in total. The molecular weight excluding hydrogens is 476 g/mol. The summed E-state index contributed by atoms with van der Waals surface area (Å²) >= 11 is 8.60. The molecule has 1 aliphatic heterocycles. The maximum Gasteiger partial charge on any atom is 0.265 e. The molecule has 0 aliphatic carbocycles. The van der Waals surface area contributed by atoms with Crippen LogP contribution in [0.15, 0.2) is 70.7 Å². The van der Waals surface area contributed by atoms with Gasteiger partial charge in [-0.2, -0.15) is 0 Å². The van der Waals surface area contributed by atoms with E-state index in [-0.39, 0.29) is 10.7 Å². The van der Waals surface area contributed by atoms with Gasteiger partial charge >= 0.3 is 0 Å². The number of rotatable bonds is 4. The number of benzene rings is 3. The molecule has 0 radical (unpaired) electrons. The SMILES string of the molecule is CN1C(=O)C(=Cc2cc(Br)ccc2OCc2ccc3ccccc3c2)C(=O)N(C)C1=S. The number of ether oxygens (including phenoxy) is 1. The third-order valence-electron chi connectivity index (χ3n) is 5.12. The summed E-state index contributed by atoms with van der Waals surface area (Å²) in [5.74, 6) is -0.301. The van der Waals surface area contributed by atoms with E-state index in [2.05, 4.69) is 40.2 Å². The Labute approximate surface area is 194 Å². The number of halogens is 1. The zero-order valence-corrected chi connectivity index (χ0v) is 19.4. The first-order valence-corrected chi connectivity index (χ1v) is 10.8. The lowest BCUT2D eigenvalue weighted by molar-refractivity contribution is -0.132. The van der Waals surface area contributed by atoms with Crippen LogP contribution in [0.4, 0.5) is 0 Å². The highest BCUT2D eigenvalue weighted by Gasteiger charge is 2.35. The molecule has 31 heavy (non-hydrogen) atoms. The topological polar surface area (TPSA) is 49.9 Å². The van der Waals surface area contributed by atoms with Crippen LogP contribution < -0.4 is 4.74 Å². The van der Waals surface area contributed by atoms with Crippen molar-refractivity contribution in [2.24, 2.45) is 0 Å². The van der Waals surface area contributed by atoms with Crippen molar-refractivity contribution >= 4 is 61.9 Å². The molecule has 2 amide bonds. The van der Waals surface area contributed by atoms with Crippen LogP contribution in [0.25, 0.3) is 16.8 Å². The molecule has 1 fully saturated rings. The third-order valence-corrected chi connectivity index (χ3v) is 6.16. The lowest BCUT2D eigenvalue weighted by Crippen LogP contribution is -2.52. The molecule has 1 heterocycles. The molecule has 0 aromatic heterocycles. The van der Waals surface area contributed by atoms with Crippen molar-refractivity contribution in [3.05, 3.63) is 81.8 Å². The number of fused-ring (bicyclic) bond motifs is 1. The Kier molecular flexibility index (Phi) is 5.89. The van der Waals surface area contributed by atoms with Gasteiger partial charge in [0.05, 0.1) is 0 Å². The maximum absolute atomic E-state index is 12.7. The summed E-state index contributed by atoms with van der Waals surface area (Å²) in [5, 5.41) is 2.48. The molecule has 4 rings (SSSR count). The zero-order valence-electron chi connectivity index (χ0n) is 17.0. The van der Waals surface area contributed by atoms with E-state index in [4.69, 9.17) is 17.0 Å². The fraction of sp³-hybridized carbons (Fsp3) is 0.125. The monoisotopic (exact) mass is 494 g/mol. The highest BCUT2D eigenvalue weighted by molar-refractivity contribution is 9.10. The molecule has 0 bridgehead atoms. The number of amides is 2. The van der Waals surface area contributed by atoms with E-state index in [0.717, 1.165) is 15.4 Å². The van der Waals surface area contributed by atoms with Gasteiger partial charge in [0.1, 0.15) is 17.9 Å². The normalized spacial score (nSPS) is 14.4. The second kappa shape index (κ2) is 8.61. The molecule has 7 heteroatoms. The molecule has 0 spiro atoms. The maximum atomic E-state index is 12.7. The summed E-state index contributed by atoms with van der Waals surface area (Å²) < 4.78 is 6.88.